The van der Waals surface area contributed by atoms with Crippen molar-refractivity contribution in [2.24, 2.45) is 0 Å². The third kappa shape index (κ3) is 1.94. The number of nitro benzene ring substituents is 1. The van der Waals surface area contributed by atoms with Crippen molar-refractivity contribution in [3.63, 3.8) is 0 Å². The molecule has 1 aromatic carbocycles. The SMILES string of the molecule is CCc1nc(N)n(-c2ccccc2[N+](=O)[O-])n1. The van der Waals surface area contributed by atoms with E-state index in [0.29, 0.717) is 17.9 Å². The predicted octanol–water partition coefficient (Wildman–Crippen LogP) is 1.32. The van der Waals surface area contributed by atoms with Gasteiger partial charge in [0, 0.05) is 12.5 Å². The van der Waals surface area contributed by atoms with Gasteiger partial charge in [0.1, 0.15) is 5.69 Å². The second kappa shape index (κ2) is 4.20. The van der Waals surface area contributed by atoms with Crippen LogP contribution in [0.4, 0.5) is 11.6 Å². The predicted molar refractivity (Wildman–Crippen MR) is 61.8 cm³/mol. The Morgan fingerprint density at radius 1 is 1.47 bits per heavy atom. The maximum Gasteiger partial charge on any atom is 0.295 e. The Hall–Kier alpha value is -2.44. The molecule has 0 radical (unpaired) electrons. The van der Waals surface area contributed by atoms with Gasteiger partial charge < -0.3 is 5.73 Å². The van der Waals surface area contributed by atoms with E-state index in [-0.39, 0.29) is 11.6 Å². The molecule has 0 bridgehead atoms. The number of hydrogen-bond donors (Lipinski definition) is 1. The van der Waals surface area contributed by atoms with Crippen LogP contribution in [0, 0.1) is 10.1 Å². The normalized spacial score (nSPS) is 10.4. The van der Waals surface area contributed by atoms with Crippen molar-refractivity contribution < 1.29 is 4.92 Å². The van der Waals surface area contributed by atoms with E-state index in [1.54, 1.807) is 18.2 Å². The molecule has 0 aliphatic carbocycles. The molecule has 17 heavy (non-hydrogen) atoms. The zero-order valence-corrected chi connectivity index (χ0v) is 9.20. The summed E-state index contributed by atoms with van der Waals surface area (Å²) >= 11 is 0. The fourth-order valence-corrected chi connectivity index (χ4v) is 1.49. The third-order valence-corrected chi connectivity index (χ3v) is 2.30. The van der Waals surface area contributed by atoms with Gasteiger partial charge in [-0.3, -0.25) is 10.1 Å². The zero-order valence-electron chi connectivity index (χ0n) is 9.20. The van der Waals surface area contributed by atoms with Crippen molar-refractivity contribution in [3.05, 3.63) is 40.2 Å². The average Bonchev–Trinajstić information content (AvgIpc) is 2.70. The van der Waals surface area contributed by atoms with Gasteiger partial charge in [-0.15, -0.1) is 5.10 Å². The number of nitro groups is 1. The van der Waals surface area contributed by atoms with E-state index >= 15 is 0 Å². The molecule has 0 aliphatic heterocycles. The second-order valence-electron chi connectivity index (χ2n) is 3.40. The number of nitrogens with two attached hydrogens (primary N) is 1. The van der Waals surface area contributed by atoms with E-state index in [1.807, 2.05) is 6.92 Å². The van der Waals surface area contributed by atoms with Crippen LogP contribution in [0.5, 0.6) is 0 Å². The molecule has 0 unspecified atom stereocenters. The number of aryl methyl sites for hydroxylation is 1. The lowest BCUT2D eigenvalue weighted by Gasteiger charge is -2.02. The van der Waals surface area contributed by atoms with Crippen molar-refractivity contribution >= 4 is 11.6 Å². The molecular formula is C10H11N5O2. The highest BCUT2D eigenvalue weighted by atomic mass is 16.6. The minimum Gasteiger partial charge on any atom is -0.368 e. The lowest BCUT2D eigenvalue weighted by atomic mass is 10.3. The van der Waals surface area contributed by atoms with E-state index in [9.17, 15) is 10.1 Å². The molecule has 1 heterocycles. The first-order valence-corrected chi connectivity index (χ1v) is 5.08. The number of aromatic nitrogens is 3. The number of nitrogen functional groups attached to an aromatic ring is 1. The maximum atomic E-state index is 10.9. The Morgan fingerprint density at radius 2 is 2.18 bits per heavy atom. The molecule has 2 aromatic rings. The largest absolute Gasteiger partial charge is 0.368 e. The van der Waals surface area contributed by atoms with Gasteiger partial charge in [0.25, 0.3) is 5.69 Å². The van der Waals surface area contributed by atoms with Crippen molar-refractivity contribution in [2.45, 2.75) is 13.3 Å². The number of hydrogen-bond acceptors (Lipinski definition) is 5. The van der Waals surface area contributed by atoms with E-state index in [1.165, 1.54) is 10.7 Å². The van der Waals surface area contributed by atoms with Crippen LogP contribution < -0.4 is 5.73 Å². The van der Waals surface area contributed by atoms with Crippen molar-refractivity contribution in [1.82, 2.24) is 14.8 Å². The molecule has 0 saturated carbocycles. The van der Waals surface area contributed by atoms with Crippen molar-refractivity contribution in [3.8, 4) is 5.69 Å². The summed E-state index contributed by atoms with van der Waals surface area (Å²) in [4.78, 5) is 14.4. The Labute approximate surface area is 97.0 Å². The molecule has 0 amide bonds. The van der Waals surface area contributed by atoms with E-state index in [0.717, 1.165) is 0 Å². The summed E-state index contributed by atoms with van der Waals surface area (Å²) < 4.78 is 1.29. The molecule has 7 nitrogen and oxygen atoms in total. The average molecular weight is 233 g/mol. The van der Waals surface area contributed by atoms with Crippen LogP contribution >= 0.6 is 0 Å². The fraction of sp³-hybridized carbons (Fsp3) is 0.200. The summed E-state index contributed by atoms with van der Waals surface area (Å²) in [6.45, 7) is 1.89. The Balaban J connectivity index is 2.59. The first-order chi connectivity index (χ1) is 8.13. The van der Waals surface area contributed by atoms with E-state index in [4.69, 9.17) is 5.73 Å². The molecule has 0 saturated heterocycles. The van der Waals surface area contributed by atoms with Crippen LogP contribution in [0.3, 0.4) is 0 Å². The van der Waals surface area contributed by atoms with Crippen LogP contribution in [-0.2, 0) is 6.42 Å². The second-order valence-corrected chi connectivity index (χ2v) is 3.40. The van der Waals surface area contributed by atoms with E-state index < -0.39 is 4.92 Å². The lowest BCUT2D eigenvalue weighted by Crippen LogP contribution is -2.05. The lowest BCUT2D eigenvalue weighted by molar-refractivity contribution is -0.384. The number of benzene rings is 1. The first-order valence-electron chi connectivity index (χ1n) is 5.08. The molecule has 0 atom stereocenters. The third-order valence-electron chi connectivity index (χ3n) is 2.30. The summed E-state index contributed by atoms with van der Waals surface area (Å²) in [6, 6.07) is 6.27. The fourth-order valence-electron chi connectivity index (χ4n) is 1.49. The number of rotatable bonds is 3. The monoisotopic (exact) mass is 233 g/mol. The van der Waals surface area contributed by atoms with Gasteiger partial charge in [-0.2, -0.15) is 9.67 Å². The number of para-hydroxylation sites is 2. The molecule has 0 spiro atoms. The van der Waals surface area contributed by atoms with Gasteiger partial charge in [-0.1, -0.05) is 19.1 Å². The molecule has 88 valence electrons. The van der Waals surface area contributed by atoms with Gasteiger partial charge in [0.05, 0.1) is 4.92 Å². The Morgan fingerprint density at radius 3 is 2.76 bits per heavy atom. The van der Waals surface area contributed by atoms with Crippen LogP contribution in [0.2, 0.25) is 0 Å². The summed E-state index contributed by atoms with van der Waals surface area (Å²) in [5.41, 5.74) is 5.96. The van der Waals surface area contributed by atoms with Crippen LogP contribution in [-0.4, -0.2) is 19.7 Å². The smallest absolute Gasteiger partial charge is 0.295 e. The topological polar surface area (TPSA) is 99.9 Å². The van der Waals surface area contributed by atoms with Crippen LogP contribution in [0.15, 0.2) is 24.3 Å². The molecule has 7 heteroatoms. The molecule has 1 aromatic heterocycles. The van der Waals surface area contributed by atoms with Crippen LogP contribution in [0.25, 0.3) is 5.69 Å². The number of anilines is 1. The highest BCUT2D eigenvalue weighted by molar-refractivity contribution is 5.53. The van der Waals surface area contributed by atoms with E-state index in [2.05, 4.69) is 10.1 Å². The molecule has 0 fully saturated rings. The standard InChI is InChI=1S/C10H11N5O2/c1-2-9-12-10(11)14(13-9)7-5-3-4-6-8(7)15(16)17/h3-6H,2H2,1H3,(H2,11,12,13). The zero-order chi connectivity index (χ0) is 12.4. The van der Waals surface area contributed by atoms with Crippen LogP contribution in [0.1, 0.15) is 12.7 Å². The number of nitrogens with zero attached hydrogens (tertiary/aromatic N) is 4. The first kappa shape index (κ1) is 11.1. The van der Waals surface area contributed by atoms with Gasteiger partial charge in [0.15, 0.2) is 5.82 Å². The molecule has 0 aliphatic rings. The van der Waals surface area contributed by atoms with Crippen molar-refractivity contribution in [1.29, 1.82) is 0 Å². The molecular weight excluding hydrogens is 222 g/mol. The highest BCUT2D eigenvalue weighted by Gasteiger charge is 2.17. The highest BCUT2D eigenvalue weighted by Crippen LogP contribution is 2.23. The quantitative estimate of drug-likeness (QED) is 0.636. The Kier molecular flexibility index (Phi) is 2.73. The van der Waals surface area contributed by atoms with Crippen molar-refractivity contribution in [2.75, 3.05) is 5.73 Å². The molecule has 2 N–H and O–H groups in total. The minimum atomic E-state index is -0.470. The Bertz CT molecular complexity index is 564. The van der Waals surface area contributed by atoms with Gasteiger partial charge in [-0.25, -0.2) is 0 Å². The molecule has 2 rings (SSSR count). The minimum absolute atomic E-state index is 0.0493. The van der Waals surface area contributed by atoms with Gasteiger partial charge >= 0.3 is 0 Å². The van der Waals surface area contributed by atoms with Gasteiger partial charge in [0.2, 0.25) is 5.95 Å². The summed E-state index contributed by atoms with van der Waals surface area (Å²) in [5, 5.41) is 15.0. The summed E-state index contributed by atoms with van der Waals surface area (Å²) in [6.07, 6.45) is 0.623. The summed E-state index contributed by atoms with van der Waals surface area (Å²) in [5.74, 6) is 0.705. The van der Waals surface area contributed by atoms with Gasteiger partial charge in [-0.05, 0) is 6.07 Å². The maximum absolute atomic E-state index is 10.9. The summed E-state index contributed by atoms with van der Waals surface area (Å²) in [7, 11) is 0.